The number of rotatable bonds is 0. The van der Waals surface area contributed by atoms with Gasteiger partial charge in [0.25, 0.3) is 0 Å². The standard InChI is InChI=1S/C19H28O3.2Ac/c1-18-7-5-12(20)9-11(18)10-15(21)17-13-3-4-16(22)19(13,2)8-6-14(17)18;;/h10,12-14,16-17,20,22H,3-9H2,1-2H3;;/t12?,13?,14?,16?,17?,18-,19-;;/m0../s1. The van der Waals surface area contributed by atoms with E-state index in [1.165, 1.54) is 5.57 Å². The number of carbonyl (C=O) groups excluding carboxylic acids is 1. The van der Waals surface area contributed by atoms with Gasteiger partial charge in [0.1, 0.15) is 0 Å². The van der Waals surface area contributed by atoms with Gasteiger partial charge in [-0.2, -0.15) is 0 Å². The van der Waals surface area contributed by atoms with Gasteiger partial charge < -0.3 is 10.2 Å². The van der Waals surface area contributed by atoms with Crippen LogP contribution in [0.25, 0.3) is 0 Å². The summed E-state index contributed by atoms with van der Waals surface area (Å²) in [5, 5.41) is 20.4. The zero-order chi connectivity index (χ0) is 15.7. The molecule has 0 spiro atoms. The van der Waals surface area contributed by atoms with Crippen LogP contribution >= 0.6 is 0 Å². The fourth-order valence-electron chi connectivity index (χ4n) is 6.36. The van der Waals surface area contributed by atoms with Crippen molar-refractivity contribution in [2.45, 2.75) is 71.0 Å². The third kappa shape index (κ3) is 3.27. The molecule has 0 aromatic heterocycles. The number of aliphatic hydroxyl groups is 2. The fraction of sp³-hybridized carbons (Fsp3) is 0.842. The van der Waals surface area contributed by atoms with Crippen molar-refractivity contribution in [3.8, 4) is 0 Å². The summed E-state index contributed by atoms with van der Waals surface area (Å²) < 4.78 is 0. The third-order valence-electron chi connectivity index (χ3n) is 7.87. The van der Waals surface area contributed by atoms with Gasteiger partial charge in [0, 0.05) is 94.0 Å². The van der Waals surface area contributed by atoms with Crippen molar-refractivity contribution in [3.63, 3.8) is 0 Å². The SMILES string of the molecule is C[C@]12CCC3C(C(=O)C=C4CC(O)CC[C@@]43C)C1CCC2O.[Ac].[Ac]. The molecule has 0 aromatic carbocycles. The van der Waals surface area contributed by atoms with Crippen LogP contribution in [0, 0.1) is 117 Å². The summed E-state index contributed by atoms with van der Waals surface area (Å²) in [6.07, 6.45) is 7.83. The zero-order valence-corrected chi connectivity index (χ0v) is 24.4. The van der Waals surface area contributed by atoms with Crippen molar-refractivity contribution in [2.75, 3.05) is 0 Å². The quantitative estimate of drug-likeness (QED) is 0.400. The molecule has 128 valence electrons. The van der Waals surface area contributed by atoms with Crippen molar-refractivity contribution in [1.82, 2.24) is 0 Å². The van der Waals surface area contributed by atoms with Gasteiger partial charge in [0.05, 0.1) is 12.2 Å². The Balaban J connectivity index is 0.00000104. The second-order valence-corrected chi connectivity index (χ2v) is 8.76. The summed E-state index contributed by atoms with van der Waals surface area (Å²) in [5.41, 5.74) is 1.22. The molecule has 2 N–H and O–H groups in total. The molecule has 0 saturated heterocycles. The van der Waals surface area contributed by atoms with Crippen LogP contribution in [0.2, 0.25) is 0 Å². The van der Waals surface area contributed by atoms with Crippen LogP contribution in [0.4, 0.5) is 0 Å². The van der Waals surface area contributed by atoms with E-state index in [1.807, 2.05) is 6.08 Å². The Morgan fingerprint density at radius 3 is 2.42 bits per heavy atom. The van der Waals surface area contributed by atoms with Crippen LogP contribution in [-0.2, 0) is 4.79 Å². The zero-order valence-electron chi connectivity index (χ0n) is 14.9. The van der Waals surface area contributed by atoms with Crippen molar-refractivity contribution < 1.29 is 103 Å². The molecule has 5 unspecified atom stereocenters. The molecule has 0 bridgehead atoms. The van der Waals surface area contributed by atoms with Crippen molar-refractivity contribution in [3.05, 3.63) is 11.6 Å². The average Bonchev–Trinajstić information content (AvgIpc) is 2.77. The van der Waals surface area contributed by atoms with E-state index in [0.29, 0.717) is 18.3 Å². The largest absolute Gasteiger partial charge is 0.393 e. The van der Waals surface area contributed by atoms with E-state index >= 15 is 0 Å². The number of allylic oxidation sites excluding steroid dienone is 1. The van der Waals surface area contributed by atoms with Gasteiger partial charge in [-0.25, -0.2) is 0 Å². The Morgan fingerprint density at radius 2 is 1.71 bits per heavy atom. The predicted octanol–water partition coefficient (Wildman–Crippen LogP) is 2.85. The normalized spacial score (nSPS) is 49.8. The second kappa shape index (κ2) is 7.92. The summed E-state index contributed by atoms with van der Waals surface area (Å²) in [6.45, 7) is 4.52. The van der Waals surface area contributed by atoms with Crippen LogP contribution in [0.15, 0.2) is 11.6 Å². The molecule has 0 heterocycles. The van der Waals surface area contributed by atoms with Gasteiger partial charge >= 0.3 is 0 Å². The van der Waals surface area contributed by atoms with E-state index in [1.54, 1.807) is 0 Å². The van der Waals surface area contributed by atoms with Crippen LogP contribution in [0.1, 0.15) is 58.8 Å². The maximum Gasteiger partial charge on any atom is 0.159 e. The molecule has 4 aliphatic rings. The molecule has 2 radical (unpaired) electrons. The molecule has 3 nitrogen and oxygen atoms in total. The number of ketones is 1. The average molecular weight is 758 g/mol. The molecule has 0 aromatic rings. The molecule has 0 amide bonds. The molecular weight excluding hydrogens is 730 g/mol. The predicted molar refractivity (Wildman–Crippen MR) is 84.1 cm³/mol. The first kappa shape index (κ1) is 22.5. The smallest absolute Gasteiger partial charge is 0.159 e. The van der Waals surface area contributed by atoms with Crippen LogP contribution in [0.5, 0.6) is 0 Å². The van der Waals surface area contributed by atoms with E-state index in [-0.39, 0.29) is 123 Å². The van der Waals surface area contributed by atoms with E-state index in [4.69, 9.17) is 0 Å². The Kier molecular flexibility index (Phi) is 7.42. The molecule has 3 fully saturated rings. The summed E-state index contributed by atoms with van der Waals surface area (Å²) in [5.74, 6) is 1.13. The van der Waals surface area contributed by atoms with Crippen LogP contribution in [0.3, 0.4) is 0 Å². The molecule has 24 heavy (non-hydrogen) atoms. The molecule has 3 saturated carbocycles. The number of hydrogen-bond acceptors (Lipinski definition) is 3. The van der Waals surface area contributed by atoms with E-state index in [0.717, 1.165) is 38.5 Å². The molecule has 5 heteroatoms. The summed E-state index contributed by atoms with van der Waals surface area (Å²) in [4.78, 5) is 12.9. The first-order chi connectivity index (χ1) is 10.4. The minimum Gasteiger partial charge on any atom is -0.393 e. The van der Waals surface area contributed by atoms with Gasteiger partial charge in [0.15, 0.2) is 5.78 Å². The first-order valence-electron chi connectivity index (χ1n) is 8.97. The number of carbonyl (C=O) groups is 1. The van der Waals surface area contributed by atoms with Gasteiger partial charge in [-0.1, -0.05) is 19.4 Å². The summed E-state index contributed by atoms with van der Waals surface area (Å²) in [7, 11) is 0. The maximum atomic E-state index is 12.9. The second-order valence-electron chi connectivity index (χ2n) is 8.76. The van der Waals surface area contributed by atoms with Crippen molar-refractivity contribution >= 4 is 5.78 Å². The summed E-state index contributed by atoms with van der Waals surface area (Å²) in [6, 6.07) is 0. The fourth-order valence-corrected chi connectivity index (χ4v) is 6.36. The van der Waals surface area contributed by atoms with Crippen molar-refractivity contribution in [1.29, 1.82) is 0 Å². The van der Waals surface area contributed by atoms with Gasteiger partial charge in [-0.3, -0.25) is 4.79 Å². The van der Waals surface area contributed by atoms with E-state index in [9.17, 15) is 15.0 Å². The van der Waals surface area contributed by atoms with Gasteiger partial charge in [-0.05, 0) is 73.7 Å². The van der Waals surface area contributed by atoms with E-state index in [2.05, 4.69) is 13.8 Å². The Hall–Kier alpha value is 2.21. The van der Waals surface area contributed by atoms with Crippen LogP contribution in [-0.4, -0.2) is 28.2 Å². The first-order valence-corrected chi connectivity index (χ1v) is 8.97. The Bertz CT molecular complexity index is 549. The minimum absolute atomic E-state index is 0. The third-order valence-corrected chi connectivity index (χ3v) is 7.87. The van der Waals surface area contributed by atoms with Crippen LogP contribution < -0.4 is 0 Å². The number of hydrogen-bond donors (Lipinski definition) is 2. The summed E-state index contributed by atoms with van der Waals surface area (Å²) >= 11 is 0. The molecule has 4 rings (SSSR count). The molecular formula is C19H28Ac2O3. The molecule has 0 aliphatic heterocycles. The van der Waals surface area contributed by atoms with Gasteiger partial charge in [-0.15, -0.1) is 0 Å². The minimum atomic E-state index is -0.272. The number of aliphatic hydroxyl groups excluding tert-OH is 2. The van der Waals surface area contributed by atoms with Crippen molar-refractivity contribution in [2.24, 2.45) is 28.6 Å². The number of fused-ring (bicyclic) bond motifs is 5. The molecule has 7 atom stereocenters. The topological polar surface area (TPSA) is 57.5 Å². The monoisotopic (exact) mass is 758 g/mol. The van der Waals surface area contributed by atoms with Gasteiger partial charge in [0.2, 0.25) is 0 Å². The van der Waals surface area contributed by atoms with E-state index < -0.39 is 0 Å². The molecule has 4 aliphatic carbocycles. The Morgan fingerprint density at radius 1 is 1.00 bits per heavy atom. The maximum absolute atomic E-state index is 12.9. The Labute approximate surface area is 216 Å².